The molecule has 27 heavy (non-hydrogen) atoms. The summed E-state index contributed by atoms with van der Waals surface area (Å²) in [6.07, 6.45) is 10.5. The van der Waals surface area contributed by atoms with Crippen LogP contribution in [0, 0.1) is 22.7 Å². The van der Waals surface area contributed by atoms with Gasteiger partial charge in [-0.1, -0.05) is 45.4 Å². The smallest absolute Gasteiger partial charge is 0.161 e. The Labute approximate surface area is 166 Å². The standard InChI is InChI=1S/C24H40O3/c1-7-26-22(27-8-2)16-19(17-25)11-12-20-18(3)10-13-21-23(4,5)14-9-15-24(20,21)6/h11,17,20-22H,3,7-10,12-16H2,1-2,4-6H3/t20-,21?,24+/m0/s1. The second-order valence-corrected chi connectivity index (χ2v) is 9.33. The third-order valence-corrected chi connectivity index (χ3v) is 7.19. The average Bonchev–Trinajstić information content (AvgIpc) is 2.59. The van der Waals surface area contributed by atoms with E-state index < -0.39 is 0 Å². The predicted molar refractivity (Wildman–Crippen MR) is 112 cm³/mol. The third kappa shape index (κ3) is 5.12. The van der Waals surface area contributed by atoms with Crippen molar-refractivity contribution < 1.29 is 14.3 Å². The van der Waals surface area contributed by atoms with Gasteiger partial charge in [-0.25, -0.2) is 0 Å². The topological polar surface area (TPSA) is 35.5 Å². The fraction of sp³-hybridized carbons (Fsp3) is 0.792. The van der Waals surface area contributed by atoms with Crippen molar-refractivity contribution in [1.82, 2.24) is 0 Å². The first kappa shape index (κ1) is 22.4. The first-order chi connectivity index (χ1) is 12.8. The summed E-state index contributed by atoms with van der Waals surface area (Å²) < 4.78 is 11.2. The largest absolute Gasteiger partial charge is 0.353 e. The van der Waals surface area contributed by atoms with Crippen LogP contribution in [-0.4, -0.2) is 25.8 Å². The SMILES string of the molecule is C=C1CCC2C(C)(C)CCC[C@]2(C)[C@H]1CC=C(C=O)CC(OCC)OCC. The minimum Gasteiger partial charge on any atom is -0.353 e. The first-order valence-electron chi connectivity index (χ1n) is 10.8. The quantitative estimate of drug-likeness (QED) is 0.211. The molecule has 3 nitrogen and oxygen atoms in total. The van der Waals surface area contributed by atoms with Crippen LogP contribution in [-0.2, 0) is 14.3 Å². The normalized spacial score (nSPS) is 31.0. The molecule has 154 valence electrons. The molecule has 0 spiro atoms. The number of aldehydes is 1. The number of carbonyl (C=O) groups excluding carboxylic acids is 1. The molecule has 0 aliphatic heterocycles. The summed E-state index contributed by atoms with van der Waals surface area (Å²) in [4.78, 5) is 11.7. The molecule has 0 bridgehead atoms. The Bertz CT molecular complexity index is 542. The minimum absolute atomic E-state index is 0.292. The summed E-state index contributed by atoms with van der Waals surface area (Å²) in [6, 6.07) is 0. The lowest BCUT2D eigenvalue weighted by molar-refractivity contribution is -0.136. The molecule has 1 unspecified atom stereocenters. The van der Waals surface area contributed by atoms with Crippen molar-refractivity contribution in [3.63, 3.8) is 0 Å². The fourth-order valence-electron chi connectivity index (χ4n) is 5.89. The number of hydrogen-bond donors (Lipinski definition) is 0. The van der Waals surface area contributed by atoms with Crippen LogP contribution in [0.3, 0.4) is 0 Å². The molecule has 2 fully saturated rings. The van der Waals surface area contributed by atoms with Gasteiger partial charge < -0.3 is 9.47 Å². The van der Waals surface area contributed by atoms with Crippen molar-refractivity contribution >= 4 is 6.29 Å². The molecule has 2 aliphatic carbocycles. The maximum absolute atomic E-state index is 11.7. The molecule has 0 amide bonds. The highest BCUT2D eigenvalue weighted by molar-refractivity contribution is 5.73. The Balaban J connectivity index is 2.15. The second-order valence-electron chi connectivity index (χ2n) is 9.33. The Kier molecular flexibility index (Phi) is 7.88. The van der Waals surface area contributed by atoms with E-state index in [-0.39, 0.29) is 6.29 Å². The average molecular weight is 377 g/mol. The summed E-state index contributed by atoms with van der Waals surface area (Å²) in [6.45, 7) is 16.9. The van der Waals surface area contributed by atoms with Gasteiger partial charge in [-0.3, -0.25) is 4.79 Å². The van der Waals surface area contributed by atoms with Crippen LogP contribution < -0.4 is 0 Å². The van der Waals surface area contributed by atoms with Gasteiger partial charge in [-0.15, -0.1) is 0 Å². The number of allylic oxidation sites excluding steroid dienone is 2. The summed E-state index contributed by atoms with van der Waals surface area (Å²) in [5, 5.41) is 0. The van der Waals surface area contributed by atoms with Crippen LogP contribution in [0.5, 0.6) is 0 Å². The molecular formula is C24H40O3. The van der Waals surface area contributed by atoms with E-state index in [9.17, 15) is 4.79 Å². The summed E-state index contributed by atoms with van der Waals surface area (Å²) in [7, 11) is 0. The summed E-state index contributed by atoms with van der Waals surface area (Å²) >= 11 is 0. The zero-order chi connectivity index (χ0) is 20.1. The lowest BCUT2D eigenvalue weighted by atomic mass is 9.47. The fourth-order valence-corrected chi connectivity index (χ4v) is 5.89. The van der Waals surface area contributed by atoms with E-state index in [0.29, 0.717) is 36.4 Å². The van der Waals surface area contributed by atoms with Crippen LogP contribution in [0.15, 0.2) is 23.8 Å². The van der Waals surface area contributed by atoms with Crippen molar-refractivity contribution in [3.8, 4) is 0 Å². The maximum Gasteiger partial charge on any atom is 0.161 e. The number of carbonyl (C=O) groups is 1. The number of hydrogen-bond acceptors (Lipinski definition) is 3. The molecule has 0 aromatic heterocycles. The highest BCUT2D eigenvalue weighted by atomic mass is 16.7. The molecule has 0 N–H and O–H groups in total. The van der Waals surface area contributed by atoms with E-state index in [1.165, 1.54) is 31.3 Å². The van der Waals surface area contributed by atoms with E-state index in [4.69, 9.17) is 9.47 Å². The molecule has 3 heteroatoms. The van der Waals surface area contributed by atoms with E-state index >= 15 is 0 Å². The van der Waals surface area contributed by atoms with E-state index in [0.717, 1.165) is 30.6 Å². The molecule has 0 aromatic rings. The molecule has 0 radical (unpaired) electrons. The highest BCUT2D eigenvalue weighted by Gasteiger charge is 2.52. The monoisotopic (exact) mass is 376 g/mol. The zero-order valence-corrected chi connectivity index (χ0v) is 18.2. The van der Waals surface area contributed by atoms with Gasteiger partial charge >= 0.3 is 0 Å². The van der Waals surface area contributed by atoms with E-state index in [1.54, 1.807) is 0 Å². The lowest BCUT2D eigenvalue weighted by Gasteiger charge is -2.58. The van der Waals surface area contributed by atoms with Crippen LogP contribution >= 0.6 is 0 Å². The molecule has 0 saturated heterocycles. The van der Waals surface area contributed by atoms with Gasteiger partial charge in [0.05, 0.1) is 0 Å². The van der Waals surface area contributed by atoms with Gasteiger partial charge in [0.15, 0.2) is 6.29 Å². The number of rotatable bonds is 9. The van der Waals surface area contributed by atoms with Crippen molar-refractivity contribution in [2.45, 2.75) is 85.9 Å². The lowest BCUT2D eigenvalue weighted by Crippen LogP contribution is -2.49. The molecule has 2 aliphatic rings. The first-order valence-corrected chi connectivity index (χ1v) is 10.8. The van der Waals surface area contributed by atoms with Gasteiger partial charge in [0.25, 0.3) is 0 Å². The molecule has 2 rings (SSSR count). The Hall–Kier alpha value is -0.930. The van der Waals surface area contributed by atoms with Crippen LogP contribution in [0.25, 0.3) is 0 Å². The van der Waals surface area contributed by atoms with Crippen molar-refractivity contribution in [2.24, 2.45) is 22.7 Å². The molecule has 0 heterocycles. The van der Waals surface area contributed by atoms with Crippen molar-refractivity contribution in [2.75, 3.05) is 13.2 Å². The Morgan fingerprint density at radius 3 is 2.48 bits per heavy atom. The third-order valence-electron chi connectivity index (χ3n) is 7.19. The highest BCUT2D eigenvalue weighted by Crippen LogP contribution is 2.61. The maximum atomic E-state index is 11.7. The molecule has 2 saturated carbocycles. The molecule has 0 aromatic carbocycles. The Morgan fingerprint density at radius 2 is 1.89 bits per heavy atom. The molecule has 3 atom stereocenters. The van der Waals surface area contributed by atoms with Crippen LogP contribution in [0.1, 0.15) is 79.6 Å². The van der Waals surface area contributed by atoms with Crippen molar-refractivity contribution in [3.05, 3.63) is 23.8 Å². The summed E-state index contributed by atoms with van der Waals surface area (Å²) in [5.41, 5.74) is 2.86. The van der Waals surface area contributed by atoms with Gasteiger partial charge in [-0.2, -0.15) is 0 Å². The van der Waals surface area contributed by atoms with Crippen LogP contribution in [0.2, 0.25) is 0 Å². The van der Waals surface area contributed by atoms with E-state index in [1.807, 2.05) is 13.8 Å². The van der Waals surface area contributed by atoms with E-state index in [2.05, 4.69) is 33.4 Å². The Morgan fingerprint density at radius 1 is 1.22 bits per heavy atom. The second kappa shape index (κ2) is 9.52. The van der Waals surface area contributed by atoms with Gasteiger partial charge in [0, 0.05) is 19.6 Å². The number of fused-ring (bicyclic) bond motifs is 1. The van der Waals surface area contributed by atoms with Crippen molar-refractivity contribution in [1.29, 1.82) is 0 Å². The van der Waals surface area contributed by atoms with Crippen LogP contribution in [0.4, 0.5) is 0 Å². The minimum atomic E-state index is -0.331. The van der Waals surface area contributed by atoms with Gasteiger partial charge in [0.2, 0.25) is 0 Å². The summed E-state index contributed by atoms with van der Waals surface area (Å²) in [5.74, 6) is 1.20. The zero-order valence-electron chi connectivity index (χ0n) is 18.2. The number of ether oxygens (including phenoxy) is 2. The molecular weight excluding hydrogens is 336 g/mol. The predicted octanol–water partition coefficient (Wildman–Crippen LogP) is 6.09. The van der Waals surface area contributed by atoms with Gasteiger partial charge in [0.1, 0.15) is 6.29 Å². The van der Waals surface area contributed by atoms with Gasteiger partial charge in [-0.05, 0) is 74.2 Å².